The maximum absolute atomic E-state index is 11.9. The van der Waals surface area contributed by atoms with Crippen LogP contribution in [0.1, 0.15) is 53.4 Å². The van der Waals surface area contributed by atoms with E-state index in [0.717, 1.165) is 9.63 Å². The largest absolute Gasteiger partial charge is 0.492 e. The van der Waals surface area contributed by atoms with Gasteiger partial charge in [0, 0.05) is 43.8 Å². The fraction of sp³-hybridized carbons (Fsp3) is 0.625. The molecule has 11 nitrogen and oxygen atoms in total. The molecule has 2 heterocycles. The molecule has 0 aliphatic carbocycles. The number of amides is 3. The quantitative estimate of drug-likeness (QED) is 0.232. The van der Waals surface area contributed by atoms with Crippen molar-refractivity contribution in [2.45, 2.75) is 64.6 Å². The third-order valence-electron chi connectivity index (χ3n) is 5.52. The topological polar surface area (TPSA) is 140 Å². The first kappa shape index (κ1) is 28.2. The van der Waals surface area contributed by atoms with Crippen LogP contribution in [0.3, 0.4) is 0 Å². The van der Waals surface area contributed by atoms with Crippen LogP contribution in [0.5, 0.6) is 11.8 Å². The van der Waals surface area contributed by atoms with Crippen LogP contribution >= 0.6 is 0 Å². The minimum atomic E-state index is -0.451. The Kier molecular flexibility index (Phi) is 10.1. The van der Waals surface area contributed by atoms with Crippen LogP contribution in [0.25, 0.3) is 0 Å². The molecular weight excluding hydrogens is 458 g/mol. The monoisotopic (exact) mass is 495 g/mol. The summed E-state index contributed by atoms with van der Waals surface area (Å²) >= 11 is 0. The Labute approximate surface area is 205 Å². The van der Waals surface area contributed by atoms with Crippen molar-refractivity contribution in [3.05, 3.63) is 24.3 Å². The van der Waals surface area contributed by atoms with E-state index < -0.39 is 17.4 Å². The molecule has 0 saturated carbocycles. The van der Waals surface area contributed by atoms with Gasteiger partial charge in [-0.15, -0.1) is 4.73 Å². The predicted molar refractivity (Wildman–Crippen MR) is 127 cm³/mol. The molecule has 0 fully saturated rings. The molecule has 1 aliphatic heterocycles. The summed E-state index contributed by atoms with van der Waals surface area (Å²) in [6, 6.07) is 2.69. The SMILES string of the molecule is CC(C)(CCCOn1c(O)ccc1O)OCCC(C)(C)OCCNC(=O)CCN1C(=O)C=CC1=O. The van der Waals surface area contributed by atoms with Crippen LogP contribution in [0.2, 0.25) is 0 Å². The molecule has 1 aromatic heterocycles. The van der Waals surface area contributed by atoms with E-state index in [-0.39, 0.29) is 36.2 Å². The highest BCUT2D eigenvalue weighted by molar-refractivity contribution is 6.13. The van der Waals surface area contributed by atoms with Gasteiger partial charge in [0.25, 0.3) is 11.8 Å². The van der Waals surface area contributed by atoms with Gasteiger partial charge in [-0.2, -0.15) is 0 Å². The molecule has 0 unspecified atom stereocenters. The molecule has 0 bridgehead atoms. The molecule has 1 aromatic rings. The number of nitrogens with zero attached hydrogens (tertiary/aromatic N) is 2. The summed E-state index contributed by atoms with van der Waals surface area (Å²) in [7, 11) is 0. The summed E-state index contributed by atoms with van der Waals surface area (Å²) in [6.45, 7) is 9.37. The molecule has 0 saturated heterocycles. The van der Waals surface area contributed by atoms with Gasteiger partial charge in [-0.05, 0) is 47.0 Å². The Morgan fingerprint density at radius 3 is 2.11 bits per heavy atom. The number of nitrogens with one attached hydrogen (secondary N) is 1. The Morgan fingerprint density at radius 2 is 1.49 bits per heavy atom. The molecule has 3 N–H and O–H groups in total. The maximum atomic E-state index is 11.9. The van der Waals surface area contributed by atoms with Gasteiger partial charge in [-0.3, -0.25) is 19.3 Å². The van der Waals surface area contributed by atoms with Crippen LogP contribution in [-0.2, 0) is 23.9 Å². The van der Waals surface area contributed by atoms with Crippen molar-refractivity contribution in [1.82, 2.24) is 14.9 Å². The summed E-state index contributed by atoms with van der Waals surface area (Å²) in [6.07, 6.45) is 4.47. The van der Waals surface area contributed by atoms with E-state index in [1.165, 1.54) is 24.3 Å². The Bertz CT molecular complexity index is 869. The van der Waals surface area contributed by atoms with Gasteiger partial charge >= 0.3 is 0 Å². The number of rotatable bonds is 16. The zero-order chi connectivity index (χ0) is 26.1. The van der Waals surface area contributed by atoms with Crippen molar-refractivity contribution in [3.8, 4) is 11.8 Å². The van der Waals surface area contributed by atoms with E-state index in [0.29, 0.717) is 45.6 Å². The lowest BCUT2D eigenvalue weighted by atomic mass is 10.0. The van der Waals surface area contributed by atoms with E-state index in [1.807, 2.05) is 27.7 Å². The van der Waals surface area contributed by atoms with Crippen LogP contribution in [0, 0.1) is 0 Å². The zero-order valence-electron chi connectivity index (χ0n) is 20.9. The highest BCUT2D eigenvalue weighted by Gasteiger charge is 2.24. The lowest BCUT2D eigenvalue weighted by Gasteiger charge is -2.30. The smallest absolute Gasteiger partial charge is 0.253 e. The maximum Gasteiger partial charge on any atom is 0.253 e. The van der Waals surface area contributed by atoms with E-state index in [4.69, 9.17) is 14.3 Å². The Morgan fingerprint density at radius 1 is 0.914 bits per heavy atom. The average molecular weight is 496 g/mol. The van der Waals surface area contributed by atoms with Gasteiger partial charge in [0.05, 0.1) is 24.4 Å². The predicted octanol–water partition coefficient (Wildman–Crippen LogP) is 1.52. The Balaban J connectivity index is 1.55. The van der Waals surface area contributed by atoms with E-state index >= 15 is 0 Å². The highest BCUT2D eigenvalue weighted by atomic mass is 16.7. The number of hydrogen-bond donors (Lipinski definition) is 3. The van der Waals surface area contributed by atoms with Crippen molar-refractivity contribution in [3.63, 3.8) is 0 Å². The standard InChI is InChI=1S/C24H37N3O8/c1-23(2,11-5-15-35-27-21(31)8-9-22(27)32)33-16-12-24(3,4)34-17-13-25-18(28)10-14-26-19(29)6-7-20(26)30/h6-9,31-32H,5,10-17H2,1-4H3,(H,25,28). The summed E-state index contributed by atoms with van der Waals surface area (Å²) < 4.78 is 12.9. The third-order valence-corrected chi connectivity index (χ3v) is 5.52. The van der Waals surface area contributed by atoms with Crippen LogP contribution in [0.15, 0.2) is 24.3 Å². The lowest BCUT2D eigenvalue weighted by molar-refractivity contribution is -0.137. The molecule has 1 aliphatic rings. The van der Waals surface area contributed by atoms with Crippen molar-refractivity contribution in [1.29, 1.82) is 0 Å². The normalized spacial score (nSPS) is 14.1. The summed E-state index contributed by atoms with van der Waals surface area (Å²) in [4.78, 5) is 41.3. The molecule has 0 radical (unpaired) electrons. The number of hydrogen-bond acceptors (Lipinski definition) is 8. The second-order valence-electron chi connectivity index (χ2n) is 9.51. The van der Waals surface area contributed by atoms with E-state index in [1.54, 1.807) is 0 Å². The average Bonchev–Trinajstić information content (AvgIpc) is 3.27. The second kappa shape index (κ2) is 12.6. The van der Waals surface area contributed by atoms with Crippen LogP contribution in [0.4, 0.5) is 0 Å². The van der Waals surface area contributed by atoms with Crippen LogP contribution in [-0.4, -0.2) is 81.7 Å². The van der Waals surface area contributed by atoms with Gasteiger partial charge in [-0.1, -0.05) is 0 Å². The van der Waals surface area contributed by atoms with Crippen molar-refractivity contribution in [2.75, 3.05) is 32.9 Å². The first-order chi connectivity index (χ1) is 16.4. The molecule has 0 spiro atoms. The zero-order valence-corrected chi connectivity index (χ0v) is 20.9. The van der Waals surface area contributed by atoms with Gasteiger partial charge in [-0.25, -0.2) is 0 Å². The molecule has 2 rings (SSSR count). The highest BCUT2D eigenvalue weighted by Crippen LogP contribution is 2.22. The Hall–Kier alpha value is -3.05. The van der Waals surface area contributed by atoms with E-state index in [9.17, 15) is 24.6 Å². The number of imide groups is 1. The summed E-state index contributed by atoms with van der Waals surface area (Å²) in [5.74, 6) is -1.37. The second-order valence-corrected chi connectivity index (χ2v) is 9.51. The van der Waals surface area contributed by atoms with Gasteiger partial charge < -0.3 is 29.8 Å². The molecule has 0 aromatic carbocycles. The number of carbonyl (C=O) groups excluding carboxylic acids is 3. The fourth-order valence-corrected chi connectivity index (χ4v) is 3.38. The fourth-order valence-electron chi connectivity index (χ4n) is 3.38. The molecule has 0 atom stereocenters. The minimum absolute atomic E-state index is 0.0459. The van der Waals surface area contributed by atoms with Crippen molar-refractivity contribution in [2.24, 2.45) is 0 Å². The number of carbonyl (C=O) groups is 3. The number of aromatic hydroxyl groups is 2. The van der Waals surface area contributed by atoms with Gasteiger partial charge in [0.2, 0.25) is 17.7 Å². The number of aromatic nitrogens is 1. The molecule has 11 heteroatoms. The summed E-state index contributed by atoms with van der Waals surface area (Å²) in [5, 5.41) is 21.9. The molecule has 3 amide bonds. The van der Waals surface area contributed by atoms with E-state index in [2.05, 4.69) is 5.32 Å². The third kappa shape index (κ3) is 9.61. The van der Waals surface area contributed by atoms with Crippen molar-refractivity contribution < 1.29 is 38.9 Å². The lowest BCUT2D eigenvalue weighted by Crippen LogP contribution is -2.37. The molecule has 35 heavy (non-hydrogen) atoms. The molecular formula is C24H37N3O8. The van der Waals surface area contributed by atoms with Gasteiger partial charge in [0.15, 0.2) is 0 Å². The number of ether oxygens (including phenoxy) is 2. The summed E-state index contributed by atoms with van der Waals surface area (Å²) in [5.41, 5.74) is -0.838. The van der Waals surface area contributed by atoms with Gasteiger partial charge in [0.1, 0.15) is 6.61 Å². The molecule has 196 valence electrons. The minimum Gasteiger partial charge on any atom is -0.492 e. The first-order valence-corrected chi connectivity index (χ1v) is 11.7. The van der Waals surface area contributed by atoms with Crippen LogP contribution < -0.4 is 10.2 Å². The first-order valence-electron chi connectivity index (χ1n) is 11.7. The van der Waals surface area contributed by atoms with Crippen molar-refractivity contribution >= 4 is 17.7 Å².